The van der Waals surface area contributed by atoms with Crippen LogP contribution in [0.25, 0.3) is 11.1 Å². The molecule has 0 spiro atoms. The molecule has 0 radical (unpaired) electrons. The highest BCUT2D eigenvalue weighted by Crippen LogP contribution is 2.28. The van der Waals surface area contributed by atoms with Crippen molar-refractivity contribution in [3.63, 3.8) is 0 Å². The molecule has 1 fully saturated rings. The molecule has 0 unspecified atom stereocenters. The second-order valence-electron chi connectivity index (χ2n) is 10.7. The molecule has 6 bridgehead atoms. The lowest BCUT2D eigenvalue weighted by molar-refractivity contribution is -0.131. The number of fused-ring (bicyclic) bond motifs is 7. The van der Waals surface area contributed by atoms with Gasteiger partial charge >= 0.3 is 0 Å². The van der Waals surface area contributed by atoms with Crippen molar-refractivity contribution in [3.8, 4) is 28.4 Å². The maximum atomic E-state index is 13.4. The number of carbonyl (C=O) groups is 3. The molecular weight excluding hydrogens is 524 g/mol. The van der Waals surface area contributed by atoms with Crippen LogP contribution in [0.3, 0.4) is 0 Å². The summed E-state index contributed by atoms with van der Waals surface area (Å²) in [7, 11) is 1.55. The highest BCUT2D eigenvalue weighted by atomic mass is 16.5. The van der Waals surface area contributed by atoms with Crippen molar-refractivity contribution in [1.29, 1.82) is 0 Å². The van der Waals surface area contributed by atoms with Crippen molar-refractivity contribution in [2.45, 2.75) is 39.0 Å². The van der Waals surface area contributed by atoms with Crippen LogP contribution >= 0.6 is 0 Å². The van der Waals surface area contributed by atoms with E-state index in [2.05, 4.69) is 15.6 Å². The van der Waals surface area contributed by atoms with Crippen molar-refractivity contribution in [2.24, 2.45) is 5.92 Å². The number of amides is 3. The number of methoxy groups -OCH3 is 1. The SMILES string of the molecule is COc1cc2ccc1CNC(=O)COc1cccc(c1)-c1cncc(c1)C(=O)N[C@H]1CN(C(=O)CC(C)C)C[C@@H]1O2. The van der Waals surface area contributed by atoms with Crippen molar-refractivity contribution < 1.29 is 28.6 Å². The van der Waals surface area contributed by atoms with Crippen molar-refractivity contribution >= 4 is 17.7 Å². The number of likely N-dealkylation sites (tertiary alicyclic amines) is 1. The zero-order chi connectivity index (χ0) is 28.9. The van der Waals surface area contributed by atoms with Gasteiger partial charge in [-0.2, -0.15) is 0 Å². The molecule has 4 heterocycles. The van der Waals surface area contributed by atoms with E-state index in [-0.39, 0.29) is 36.8 Å². The van der Waals surface area contributed by atoms with Gasteiger partial charge in [-0.1, -0.05) is 26.0 Å². The number of hydrogen-bond donors (Lipinski definition) is 2. The van der Waals surface area contributed by atoms with Crippen LogP contribution in [0.5, 0.6) is 17.2 Å². The number of hydrogen-bond acceptors (Lipinski definition) is 7. The highest BCUT2D eigenvalue weighted by molar-refractivity contribution is 5.95. The summed E-state index contributed by atoms with van der Waals surface area (Å²) in [5.41, 5.74) is 2.65. The molecule has 3 aromatic rings. The summed E-state index contributed by atoms with van der Waals surface area (Å²) >= 11 is 0. The van der Waals surface area contributed by atoms with Gasteiger partial charge in [0.1, 0.15) is 23.4 Å². The lowest BCUT2D eigenvalue weighted by atomic mass is 10.1. The molecule has 10 heteroatoms. The minimum Gasteiger partial charge on any atom is -0.496 e. The van der Waals surface area contributed by atoms with E-state index in [4.69, 9.17) is 14.2 Å². The predicted octanol–water partition coefficient (Wildman–Crippen LogP) is 3.20. The Kier molecular flexibility index (Phi) is 8.37. The average molecular weight is 559 g/mol. The Morgan fingerprint density at radius 3 is 2.68 bits per heavy atom. The number of nitrogens with zero attached hydrogens (tertiary/aromatic N) is 2. The van der Waals surface area contributed by atoms with E-state index in [9.17, 15) is 14.4 Å². The second-order valence-corrected chi connectivity index (χ2v) is 10.7. The van der Waals surface area contributed by atoms with Crippen molar-refractivity contribution in [1.82, 2.24) is 20.5 Å². The van der Waals surface area contributed by atoms with Crippen LogP contribution in [0.1, 0.15) is 36.2 Å². The van der Waals surface area contributed by atoms with E-state index in [0.29, 0.717) is 42.3 Å². The van der Waals surface area contributed by atoms with Crippen LogP contribution in [0.15, 0.2) is 60.9 Å². The molecule has 2 N–H and O–H groups in total. The molecule has 1 aromatic heterocycles. The second kappa shape index (κ2) is 12.3. The molecule has 3 aliphatic heterocycles. The maximum Gasteiger partial charge on any atom is 0.258 e. The largest absolute Gasteiger partial charge is 0.496 e. The van der Waals surface area contributed by atoms with Gasteiger partial charge in [-0.05, 0) is 41.8 Å². The Labute approximate surface area is 239 Å². The number of aromatic nitrogens is 1. The summed E-state index contributed by atoms with van der Waals surface area (Å²) in [6.07, 6.45) is 3.10. The Morgan fingerprint density at radius 1 is 1.05 bits per heavy atom. The van der Waals surface area contributed by atoms with E-state index >= 15 is 0 Å². The number of benzene rings is 2. The van der Waals surface area contributed by atoms with E-state index in [0.717, 1.165) is 16.7 Å². The molecule has 2 aromatic carbocycles. The van der Waals surface area contributed by atoms with E-state index in [1.807, 2.05) is 32.0 Å². The summed E-state index contributed by atoms with van der Waals surface area (Å²) in [4.78, 5) is 44.9. The Balaban J connectivity index is 1.49. The van der Waals surface area contributed by atoms with Crippen LogP contribution in [-0.2, 0) is 16.1 Å². The molecule has 1 saturated heterocycles. The fraction of sp³-hybridized carbons (Fsp3) is 0.355. The number of nitrogens with one attached hydrogen (secondary N) is 2. The van der Waals surface area contributed by atoms with Crippen LogP contribution in [0.2, 0.25) is 0 Å². The fourth-order valence-corrected chi connectivity index (χ4v) is 4.97. The molecular formula is C31H34N4O6. The van der Waals surface area contributed by atoms with Crippen molar-refractivity contribution in [2.75, 3.05) is 26.8 Å². The maximum absolute atomic E-state index is 13.4. The van der Waals surface area contributed by atoms with Gasteiger partial charge in [0.15, 0.2) is 6.61 Å². The van der Waals surface area contributed by atoms with Crippen molar-refractivity contribution in [3.05, 3.63) is 72.1 Å². The first-order chi connectivity index (χ1) is 19.8. The quantitative estimate of drug-likeness (QED) is 0.507. The average Bonchev–Trinajstić information content (AvgIpc) is 3.36. The van der Waals surface area contributed by atoms with Crippen LogP contribution in [0.4, 0.5) is 0 Å². The minimum atomic E-state index is -0.485. The van der Waals surface area contributed by atoms with Gasteiger partial charge in [-0.3, -0.25) is 19.4 Å². The third-order valence-corrected chi connectivity index (χ3v) is 7.08. The lowest BCUT2D eigenvalue weighted by Gasteiger charge is -2.22. The molecule has 0 saturated carbocycles. The van der Waals surface area contributed by atoms with Crippen LogP contribution in [0, 0.1) is 5.92 Å². The number of ether oxygens (including phenoxy) is 3. The Bertz CT molecular complexity index is 1440. The number of rotatable bonds is 3. The highest BCUT2D eigenvalue weighted by Gasteiger charge is 2.38. The summed E-state index contributed by atoms with van der Waals surface area (Å²) < 4.78 is 17.6. The van der Waals surface area contributed by atoms with Gasteiger partial charge in [0, 0.05) is 49.1 Å². The predicted molar refractivity (Wildman–Crippen MR) is 152 cm³/mol. The third-order valence-electron chi connectivity index (χ3n) is 7.08. The Morgan fingerprint density at radius 2 is 1.88 bits per heavy atom. The van der Waals surface area contributed by atoms with Crippen LogP contribution in [-0.4, -0.2) is 66.6 Å². The van der Waals surface area contributed by atoms with E-state index in [1.54, 1.807) is 48.5 Å². The molecule has 3 aliphatic rings. The first-order valence-electron chi connectivity index (χ1n) is 13.7. The van der Waals surface area contributed by atoms with Gasteiger partial charge in [0.2, 0.25) is 5.91 Å². The Hall–Kier alpha value is -4.60. The summed E-state index contributed by atoms with van der Waals surface area (Å²) in [5.74, 6) is 1.21. The minimum absolute atomic E-state index is 0.0188. The molecule has 10 nitrogen and oxygen atoms in total. The van der Waals surface area contributed by atoms with E-state index in [1.165, 1.54) is 6.20 Å². The van der Waals surface area contributed by atoms with Gasteiger partial charge < -0.3 is 29.7 Å². The first kappa shape index (κ1) is 27.9. The smallest absolute Gasteiger partial charge is 0.258 e. The summed E-state index contributed by atoms with van der Waals surface area (Å²) in [6.45, 7) is 4.74. The first-order valence-corrected chi connectivity index (χ1v) is 13.7. The number of pyridine rings is 1. The van der Waals surface area contributed by atoms with E-state index < -0.39 is 12.1 Å². The topological polar surface area (TPSA) is 119 Å². The standard InChI is InChI=1S/C31H34N4O6/c1-19(2)9-30(37)35-16-26-28(17-35)41-25-8-7-21(27(12-25)39-3)15-33-29(36)18-40-24-6-4-5-20(11-24)22-10-23(14-32-13-22)31(38)34-26/h4-8,10-14,19,26,28H,9,15-18H2,1-3H3,(H,33,36)(H,34,38)/t26-,28-/m0/s1. The normalized spacial score (nSPS) is 19.0. The summed E-state index contributed by atoms with van der Waals surface area (Å²) in [5, 5.41) is 5.94. The molecule has 214 valence electrons. The lowest BCUT2D eigenvalue weighted by Crippen LogP contribution is -2.45. The van der Waals surface area contributed by atoms with Gasteiger partial charge in [-0.15, -0.1) is 0 Å². The van der Waals surface area contributed by atoms with Gasteiger partial charge in [-0.25, -0.2) is 0 Å². The molecule has 3 amide bonds. The third kappa shape index (κ3) is 6.77. The van der Waals surface area contributed by atoms with Crippen LogP contribution < -0.4 is 24.8 Å². The summed E-state index contributed by atoms with van der Waals surface area (Å²) in [6, 6.07) is 13.9. The van der Waals surface area contributed by atoms with Gasteiger partial charge in [0.05, 0.1) is 25.3 Å². The monoisotopic (exact) mass is 558 g/mol. The molecule has 0 aliphatic carbocycles. The van der Waals surface area contributed by atoms with Gasteiger partial charge in [0.25, 0.3) is 11.8 Å². The fourth-order valence-electron chi connectivity index (χ4n) is 4.97. The molecule has 6 rings (SSSR count). The number of carbonyl (C=O) groups excluding carboxylic acids is 3. The molecule has 41 heavy (non-hydrogen) atoms. The zero-order valence-corrected chi connectivity index (χ0v) is 23.4. The molecule has 2 atom stereocenters. The zero-order valence-electron chi connectivity index (χ0n) is 23.4.